The minimum atomic E-state index is -4.45. The monoisotopic (exact) mass is 381 g/mol. The van der Waals surface area contributed by atoms with Crippen molar-refractivity contribution in [1.29, 1.82) is 0 Å². The molecular weight excluding hydrogens is 367 g/mol. The number of furan rings is 1. The summed E-state index contributed by atoms with van der Waals surface area (Å²) in [5.74, 6) is -0.391. The van der Waals surface area contributed by atoms with Crippen LogP contribution in [0.2, 0.25) is 0 Å². The maximum Gasteiger partial charge on any atom is 0.416 e. The number of hydrogen-bond donors (Lipinski definition) is 1. The molecule has 0 saturated heterocycles. The molecule has 3 aromatic rings. The lowest BCUT2D eigenvalue weighted by molar-refractivity contribution is -0.137. The van der Waals surface area contributed by atoms with Gasteiger partial charge in [-0.05, 0) is 30.7 Å². The van der Waals surface area contributed by atoms with Gasteiger partial charge in [0.15, 0.2) is 5.76 Å². The Morgan fingerprint density at radius 3 is 2.77 bits per heavy atom. The molecule has 0 fully saturated rings. The van der Waals surface area contributed by atoms with E-state index in [1.807, 2.05) is 6.92 Å². The Kier molecular flexibility index (Phi) is 5.08. The molecule has 0 unspecified atom stereocenters. The number of nitrogens with one attached hydrogen (secondary N) is 1. The Morgan fingerprint density at radius 2 is 2.04 bits per heavy atom. The normalized spacial score (nSPS) is 11.5. The topological polar surface area (TPSA) is 68.0 Å². The van der Waals surface area contributed by atoms with Gasteiger partial charge < -0.3 is 4.42 Å². The third kappa shape index (κ3) is 4.10. The van der Waals surface area contributed by atoms with Gasteiger partial charge in [0, 0.05) is 12.0 Å². The number of hydrogen-bond acceptors (Lipinski definition) is 5. The van der Waals surface area contributed by atoms with Crippen molar-refractivity contribution in [3.8, 4) is 11.3 Å². The van der Waals surface area contributed by atoms with Gasteiger partial charge in [-0.2, -0.15) is 13.2 Å². The van der Waals surface area contributed by atoms with Crippen molar-refractivity contribution < 1.29 is 22.4 Å². The molecule has 0 aliphatic carbocycles. The summed E-state index contributed by atoms with van der Waals surface area (Å²) in [6.07, 6.45) is -2.76. The van der Waals surface area contributed by atoms with Crippen LogP contribution in [0.15, 0.2) is 40.8 Å². The van der Waals surface area contributed by atoms with Gasteiger partial charge in [0.05, 0.1) is 5.56 Å². The molecule has 2 aromatic heterocycles. The molecule has 9 heteroatoms. The van der Waals surface area contributed by atoms with E-state index in [4.69, 9.17) is 4.42 Å². The lowest BCUT2D eigenvalue weighted by Gasteiger charge is -2.07. The zero-order valence-electron chi connectivity index (χ0n) is 13.6. The molecule has 1 N–H and O–H groups in total. The van der Waals surface area contributed by atoms with Crippen molar-refractivity contribution in [3.05, 3.63) is 52.7 Å². The van der Waals surface area contributed by atoms with Gasteiger partial charge in [0.2, 0.25) is 5.13 Å². The molecule has 0 aliphatic heterocycles. The van der Waals surface area contributed by atoms with E-state index in [0.29, 0.717) is 5.13 Å². The number of rotatable bonds is 5. The van der Waals surface area contributed by atoms with Crippen LogP contribution in [0.5, 0.6) is 0 Å². The van der Waals surface area contributed by atoms with Crippen LogP contribution < -0.4 is 5.32 Å². The molecule has 0 atom stereocenters. The third-order valence-electron chi connectivity index (χ3n) is 3.46. The highest BCUT2D eigenvalue weighted by atomic mass is 32.1. The average Bonchev–Trinajstić information content (AvgIpc) is 3.24. The van der Waals surface area contributed by atoms with Crippen molar-refractivity contribution >= 4 is 22.4 Å². The van der Waals surface area contributed by atoms with E-state index in [-0.39, 0.29) is 17.1 Å². The van der Waals surface area contributed by atoms with E-state index >= 15 is 0 Å². The summed E-state index contributed by atoms with van der Waals surface area (Å²) >= 11 is 1.27. The first-order valence-corrected chi connectivity index (χ1v) is 8.59. The van der Waals surface area contributed by atoms with Crippen LogP contribution in [0.3, 0.4) is 0 Å². The first-order valence-electron chi connectivity index (χ1n) is 7.78. The third-order valence-corrected chi connectivity index (χ3v) is 4.35. The van der Waals surface area contributed by atoms with Gasteiger partial charge in [-0.3, -0.25) is 10.1 Å². The average molecular weight is 381 g/mol. The second-order valence-electron chi connectivity index (χ2n) is 5.45. The summed E-state index contributed by atoms with van der Waals surface area (Å²) in [7, 11) is 0. The number of benzene rings is 1. The molecule has 5 nitrogen and oxygen atoms in total. The molecule has 1 aromatic carbocycles. The van der Waals surface area contributed by atoms with Gasteiger partial charge in [0.25, 0.3) is 5.91 Å². The SMILES string of the molecule is CCCc1nnc(NC(=O)c2ccc(-c3cccc(C(F)(F)F)c3)o2)s1. The van der Waals surface area contributed by atoms with E-state index in [1.165, 1.54) is 35.6 Å². The van der Waals surface area contributed by atoms with Crippen LogP contribution in [-0.4, -0.2) is 16.1 Å². The smallest absolute Gasteiger partial charge is 0.416 e. The molecule has 26 heavy (non-hydrogen) atoms. The molecule has 3 rings (SSSR count). The Hall–Kier alpha value is -2.68. The van der Waals surface area contributed by atoms with Gasteiger partial charge in [-0.25, -0.2) is 0 Å². The largest absolute Gasteiger partial charge is 0.451 e. The molecule has 0 spiro atoms. The molecule has 0 aliphatic rings. The van der Waals surface area contributed by atoms with Crippen LogP contribution in [-0.2, 0) is 12.6 Å². The quantitative estimate of drug-likeness (QED) is 0.674. The number of alkyl halides is 3. The fraction of sp³-hybridized carbons (Fsp3) is 0.235. The van der Waals surface area contributed by atoms with Crippen molar-refractivity contribution in [1.82, 2.24) is 10.2 Å². The number of nitrogens with zero attached hydrogens (tertiary/aromatic N) is 2. The van der Waals surface area contributed by atoms with Crippen molar-refractivity contribution in [2.24, 2.45) is 0 Å². The fourth-order valence-corrected chi connectivity index (χ4v) is 3.08. The van der Waals surface area contributed by atoms with Crippen LogP contribution >= 0.6 is 11.3 Å². The Labute approximate surface area is 150 Å². The van der Waals surface area contributed by atoms with Crippen molar-refractivity contribution in [2.75, 3.05) is 5.32 Å². The summed E-state index contributed by atoms with van der Waals surface area (Å²) in [5.41, 5.74) is -0.547. The van der Waals surface area contributed by atoms with Gasteiger partial charge >= 0.3 is 6.18 Å². The summed E-state index contributed by atoms with van der Waals surface area (Å²) < 4.78 is 43.8. The number of carbonyl (C=O) groups excluding carboxylic acids is 1. The van der Waals surface area contributed by atoms with E-state index < -0.39 is 17.6 Å². The number of carbonyl (C=O) groups is 1. The molecule has 0 bridgehead atoms. The van der Waals surface area contributed by atoms with Crippen LogP contribution in [0.25, 0.3) is 11.3 Å². The Balaban J connectivity index is 1.75. The molecule has 2 heterocycles. The van der Waals surface area contributed by atoms with E-state index in [2.05, 4.69) is 15.5 Å². The minimum Gasteiger partial charge on any atom is -0.451 e. The zero-order valence-corrected chi connectivity index (χ0v) is 14.4. The lowest BCUT2D eigenvalue weighted by Crippen LogP contribution is -2.10. The van der Waals surface area contributed by atoms with Gasteiger partial charge in [-0.1, -0.05) is 30.4 Å². The maximum atomic E-state index is 12.8. The number of aryl methyl sites for hydroxylation is 1. The standard InChI is InChI=1S/C17H14F3N3O2S/c1-2-4-14-22-23-16(26-14)21-15(24)13-8-7-12(25-13)10-5-3-6-11(9-10)17(18,19)20/h3,5-9H,2,4H2,1H3,(H,21,23,24). The zero-order chi connectivity index (χ0) is 18.7. The highest BCUT2D eigenvalue weighted by Gasteiger charge is 2.30. The highest BCUT2D eigenvalue weighted by Crippen LogP contribution is 2.32. The van der Waals surface area contributed by atoms with Crippen LogP contribution in [0, 0.1) is 0 Å². The van der Waals surface area contributed by atoms with E-state index in [1.54, 1.807) is 0 Å². The highest BCUT2D eigenvalue weighted by molar-refractivity contribution is 7.15. The summed E-state index contributed by atoms with van der Waals surface area (Å²) in [4.78, 5) is 12.2. The molecule has 0 radical (unpaired) electrons. The maximum absolute atomic E-state index is 12.8. The number of aromatic nitrogens is 2. The first-order chi connectivity index (χ1) is 12.4. The lowest BCUT2D eigenvalue weighted by atomic mass is 10.1. The summed E-state index contributed by atoms with van der Waals surface area (Å²) in [5, 5.41) is 11.6. The van der Waals surface area contributed by atoms with E-state index in [0.717, 1.165) is 30.0 Å². The Bertz CT molecular complexity index is 918. The van der Waals surface area contributed by atoms with Crippen LogP contribution in [0.1, 0.15) is 34.5 Å². The number of halogens is 3. The van der Waals surface area contributed by atoms with Gasteiger partial charge in [-0.15, -0.1) is 10.2 Å². The molecule has 1 amide bonds. The summed E-state index contributed by atoms with van der Waals surface area (Å²) in [6, 6.07) is 7.58. The summed E-state index contributed by atoms with van der Waals surface area (Å²) in [6.45, 7) is 2.01. The van der Waals surface area contributed by atoms with Crippen molar-refractivity contribution in [3.63, 3.8) is 0 Å². The fourth-order valence-electron chi connectivity index (χ4n) is 2.24. The Morgan fingerprint density at radius 1 is 1.23 bits per heavy atom. The number of anilines is 1. The number of amides is 1. The predicted octanol–water partition coefficient (Wildman–Crippen LogP) is 5.02. The van der Waals surface area contributed by atoms with Gasteiger partial charge in [0.1, 0.15) is 10.8 Å². The second kappa shape index (κ2) is 7.28. The second-order valence-corrected chi connectivity index (χ2v) is 6.51. The molecule has 136 valence electrons. The first kappa shape index (κ1) is 18.1. The molecule has 0 saturated carbocycles. The molecular formula is C17H14F3N3O2S. The minimum absolute atomic E-state index is 0.0235. The van der Waals surface area contributed by atoms with E-state index in [9.17, 15) is 18.0 Å². The predicted molar refractivity (Wildman–Crippen MR) is 91.0 cm³/mol. The van der Waals surface area contributed by atoms with Crippen LogP contribution in [0.4, 0.5) is 18.3 Å². The van der Waals surface area contributed by atoms with Crippen molar-refractivity contribution in [2.45, 2.75) is 25.9 Å².